The Hall–Kier alpha value is -3.13. The highest BCUT2D eigenvalue weighted by Crippen LogP contribution is 2.48. The standard InChI is InChI=1S/C22H22N4O/c1-21(16-6-4-3-5-7-16)18(19(27)26(2)20(24)25-21)15-8-10-17(11-9-15)22(14-23)12-13-22/h3-11,18H,12-13H2,1-2H3,(H2,24,25)/t18-,21-/m1/s1. The zero-order valence-corrected chi connectivity index (χ0v) is 15.5. The molecule has 2 atom stereocenters. The number of carbonyl (C=O) groups excluding carboxylic acids is 1. The Morgan fingerprint density at radius 3 is 2.30 bits per heavy atom. The molecule has 2 N–H and O–H groups in total. The fraction of sp³-hybridized carbons (Fsp3) is 0.318. The van der Waals surface area contributed by atoms with Crippen LogP contribution in [0.1, 0.15) is 42.4 Å². The van der Waals surface area contributed by atoms with Crippen LogP contribution in [0.4, 0.5) is 0 Å². The second-order valence-corrected chi connectivity index (χ2v) is 7.69. The molecule has 1 amide bonds. The first kappa shape index (κ1) is 17.3. The molecule has 0 unspecified atom stereocenters. The normalized spacial score (nSPS) is 26.3. The van der Waals surface area contributed by atoms with Crippen LogP contribution < -0.4 is 5.32 Å². The molecule has 1 aliphatic heterocycles. The Balaban J connectivity index is 1.78. The minimum Gasteiger partial charge on any atom is -0.346 e. The molecule has 1 saturated heterocycles. The van der Waals surface area contributed by atoms with Crippen molar-refractivity contribution in [3.63, 3.8) is 0 Å². The number of hydrogen-bond donors (Lipinski definition) is 2. The summed E-state index contributed by atoms with van der Waals surface area (Å²) in [6.07, 6.45) is 1.79. The van der Waals surface area contributed by atoms with Crippen molar-refractivity contribution in [3.05, 3.63) is 71.3 Å². The molecule has 0 radical (unpaired) electrons. The summed E-state index contributed by atoms with van der Waals surface area (Å²) >= 11 is 0. The summed E-state index contributed by atoms with van der Waals surface area (Å²) in [6, 6.07) is 20.1. The largest absolute Gasteiger partial charge is 0.346 e. The molecule has 136 valence electrons. The van der Waals surface area contributed by atoms with E-state index < -0.39 is 11.5 Å². The average Bonchev–Trinajstić information content (AvgIpc) is 3.49. The summed E-state index contributed by atoms with van der Waals surface area (Å²) in [6.45, 7) is 1.97. The van der Waals surface area contributed by atoms with Crippen LogP contribution in [0.3, 0.4) is 0 Å². The lowest BCUT2D eigenvalue weighted by atomic mass is 9.73. The molecule has 0 spiro atoms. The maximum atomic E-state index is 13.2. The number of amides is 1. The molecule has 0 bridgehead atoms. The third-order valence-corrected chi connectivity index (χ3v) is 6.00. The lowest BCUT2D eigenvalue weighted by Crippen LogP contribution is -2.62. The summed E-state index contributed by atoms with van der Waals surface area (Å²) in [5, 5.41) is 20.9. The summed E-state index contributed by atoms with van der Waals surface area (Å²) in [4.78, 5) is 14.5. The SMILES string of the molecule is CN1C(=N)N[C@](C)(c2ccccc2)[C@H](c2ccc(C3(C#N)CC3)cc2)C1=O. The van der Waals surface area contributed by atoms with Crippen molar-refractivity contribution in [1.29, 1.82) is 10.7 Å². The topological polar surface area (TPSA) is 80.0 Å². The van der Waals surface area contributed by atoms with Gasteiger partial charge in [-0.2, -0.15) is 5.26 Å². The van der Waals surface area contributed by atoms with Gasteiger partial charge in [-0.05, 0) is 36.5 Å². The number of benzene rings is 2. The van der Waals surface area contributed by atoms with E-state index in [1.165, 1.54) is 4.90 Å². The second-order valence-electron chi connectivity index (χ2n) is 7.69. The van der Waals surface area contributed by atoms with Crippen LogP contribution in [-0.4, -0.2) is 23.8 Å². The molecule has 1 aliphatic carbocycles. The lowest BCUT2D eigenvalue weighted by Gasteiger charge is -2.46. The fourth-order valence-electron chi connectivity index (χ4n) is 4.04. The maximum Gasteiger partial charge on any atom is 0.239 e. The molecule has 2 fully saturated rings. The number of likely N-dealkylation sites (N-methyl/N-ethyl adjacent to an activating group) is 1. The van der Waals surface area contributed by atoms with Gasteiger partial charge >= 0.3 is 0 Å². The molecule has 1 heterocycles. The predicted octanol–water partition coefficient (Wildman–Crippen LogP) is 3.24. The third kappa shape index (κ3) is 2.60. The Labute approximate surface area is 159 Å². The van der Waals surface area contributed by atoms with Crippen LogP contribution in [0.25, 0.3) is 0 Å². The predicted molar refractivity (Wildman–Crippen MR) is 103 cm³/mol. The van der Waals surface area contributed by atoms with Crippen molar-refractivity contribution in [2.24, 2.45) is 0 Å². The summed E-state index contributed by atoms with van der Waals surface area (Å²) < 4.78 is 0. The number of guanidine groups is 1. The second kappa shape index (κ2) is 5.95. The minimum atomic E-state index is -0.726. The smallest absolute Gasteiger partial charge is 0.239 e. The Morgan fingerprint density at radius 2 is 1.74 bits per heavy atom. The van der Waals surface area contributed by atoms with E-state index in [1.807, 2.05) is 61.5 Å². The number of hydrogen-bond acceptors (Lipinski definition) is 3. The number of nitrogens with zero attached hydrogens (tertiary/aromatic N) is 2. The van der Waals surface area contributed by atoms with Gasteiger partial charge in [-0.25, -0.2) is 0 Å². The van der Waals surface area contributed by atoms with E-state index in [0.717, 1.165) is 29.5 Å². The van der Waals surface area contributed by atoms with E-state index in [2.05, 4.69) is 11.4 Å². The average molecular weight is 358 g/mol. The Morgan fingerprint density at radius 1 is 1.11 bits per heavy atom. The Kier molecular flexibility index (Phi) is 3.81. The maximum absolute atomic E-state index is 13.2. The minimum absolute atomic E-state index is 0.0978. The number of nitriles is 1. The number of rotatable bonds is 3. The highest BCUT2D eigenvalue weighted by atomic mass is 16.2. The molecular weight excluding hydrogens is 336 g/mol. The van der Waals surface area contributed by atoms with Gasteiger partial charge in [0.05, 0.1) is 22.9 Å². The lowest BCUT2D eigenvalue weighted by molar-refractivity contribution is -0.131. The molecule has 27 heavy (non-hydrogen) atoms. The monoisotopic (exact) mass is 358 g/mol. The zero-order valence-electron chi connectivity index (χ0n) is 15.5. The van der Waals surface area contributed by atoms with Gasteiger partial charge in [-0.1, -0.05) is 54.6 Å². The van der Waals surface area contributed by atoms with Crippen molar-refractivity contribution < 1.29 is 4.79 Å². The molecule has 5 nitrogen and oxygen atoms in total. The van der Waals surface area contributed by atoms with Gasteiger partial charge in [0.2, 0.25) is 5.91 Å². The zero-order chi connectivity index (χ0) is 19.2. The molecule has 2 aromatic carbocycles. The molecular formula is C22H22N4O. The molecule has 2 aliphatic rings. The Bertz CT molecular complexity index is 941. The van der Waals surface area contributed by atoms with E-state index in [9.17, 15) is 10.1 Å². The van der Waals surface area contributed by atoms with Gasteiger partial charge in [-0.15, -0.1) is 0 Å². The van der Waals surface area contributed by atoms with E-state index in [4.69, 9.17) is 5.41 Å². The highest BCUT2D eigenvalue weighted by molar-refractivity contribution is 6.02. The molecule has 0 aromatic heterocycles. The molecule has 4 rings (SSSR count). The van der Waals surface area contributed by atoms with Gasteiger partial charge in [-0.3, -0.25) is 15.1 Å². The van der Waals surface area contributed by atoms with Gasteiger partial charge in [0, 0.05) is 7.05 Å². The summed E-state index contributed by atoms with van der Waals surface area (Å²) in [7, 11) is 1.62. The van der Waals surface area contributed by atoms with Crippen LogP contribution in [0, 0.1) is 16.7 Å². The highest BCUT2D eigenvalue weighted by Gasteiger charge is 2.49. The number of carbonyl (C=O) groups is 1. The van der Waals surface area contributed by atoms with Crippen LogP contribution in [-0.2, 0) is 15.7 Å². The van der Waals surface area contributed by atoms with Crippen LogP contribution in [0.5, 0.6) is 0 Å². The van der Waals surface area contributed by atoms with Gasteiger partial charge in [0.25, 0.3) is 0 Å². The fourth-order valence-corrected chi connectivity index (χ4v) is 4.04. The van der Waals surface area contributed by atoms with Crippen LogP contribution in [0.2, 0.25) is 0 Å². The summed E-state index contributed by atoms with van der Waals surface area (Å²) in [5.74, 6) is -0.481. The van der Waals surface area contributed by atoms with Gasteiger partial charge in [0.15, 0.2) is 5.96 Å². The quantitative estimate of drug-likeness (QED) is 0.884. The van der Waals surface area contributed by atoms with Crippen LogP contribution in [0.15, 0.2) is 54.6 Å². The van der Waals surface area contributed by atoms with Crippen molar-refractivity contribution in [2.75, 3.05) is 7.05 Å². The first-order chi connectivity index (χ1) is 12.9. The number of nitrogens with one attached hydrogen (secondary N) is 2. The first-order valence-corrected chi connectivity index (χ1v) is 9.13. The van der Waals surface area contributed by atoms with E-state index in [-0.39, 0.29) is 17.3 Å². The van der Waals surface area contributed by atoms with E-state index in [1.54, 1.807) is 7.05 Å². The third-order valence-electron chi connectivity index (χ3n) is 6.00. The van der Waals surface area contributed by atoms with Gasteiger partial charge < -0.3 is 5.32 Å². The van der Waals surface area contributed by atoms with Crippen molar-refractivity contribution in [1.82, 2.24) is 10.2 Å². The van der Waals surface area contributed by atoms with Crippen molar-refractivity contribution in [2.45, 2.75) is 36.6 Å². The van der Waals surface area contributed by atoms with Crippen molar-refractivity contribution in [3.8, 4) is 6.07 Å². The van der Waals surface area contributed by atoms with E-state index in [0.29, 0.717) is 0 Å². The molecule has 1 saturated carbocycles. The van der Waals surface area contributed by atoms with E-state index >= 15 is 0 Å². The van der Waals surface area contributed by atoms with Gasteiger partial charge in [0.1, 0.15) is 0 Å². The molecule has 5 heteroatoms. The summed E-state index contributed by atoms with van der Waals surface area (Å²) in [5.41, 5.74) is 1.80. The molecule has 2 aromatic rings. The van der Waals surface area contributed by atoms with Crippen molar-refractivity contribution >= 4 is 11.9 Å². The van der Waals surface area contributed by atoms with Crippen LogP contribution >= 0.6 is 0 Å². The first-order valence-electron chi connectivity index (χ1n) is 9.13.